The van der Waals surface area contributed by atoms with Gasteiger partial charge in [-0.05, 0) is 78.2 Å². The maximum absolute atomic E-state index is 12.9. The molecule has 1 heterocycles. The van der Waals surface area contributed by atoms with Gasteiger partial charge < -0.3 is 9.88 Å². The molecule has 0 saturated carbocycles. The van der Waals surface area contributed by atoms with Gasteiger partial charge in [0.15, 0.2) is 0 Å². The molecule has 0 radical (unpaired) electrons. The van der Waals surface area contributed by atoms with Gasteiger partial charge in [0.1, 0.15) is 5.69 Å². The van der Waals surface area contributed by atoms with Crippen LogP contribution in [0.4, 0.5) is 5.69 Å². The van der Waals surface area contributed by atoms with E-state index in [2.05, 4.69) is 21.2 Å². The fourth-order valence-corrected chi connectivity index (χ4v) is 3.78. The fraction of sp³-hybridized carbons (Fsp3) is 0.211. The van der Waals surface area contributed by atoms with E-state index in [-0.39, 0.29) is 5.91 Å². The van der Waals surface area contributed by atoms with Gasteiger partial charge in [0.05, 0.1) is 5.69 Å². The molecule has 1 aromatic heterocycles. The van der Waals surface area contributed by atoms with Gasteiger partial charge in [-0.1, -0.05) is 17.7 Å². The van der Waals surface area contributed by atoms with Crippen LogP contribution in [0.25, 0.3) is 10.9 Å². The van der Waals surface area contributed by atoms with Crippen LogP contribution in [0, 0.1) is 13.8 Å². The smallest absolute Gasteiger partial charge is 0.272 e. The van der Waals surface area contributed by atoms with Crippen molar-refractivity contribution >= 4 is 50.0 Å². The molecule has 1 amide bonds. The predicted octanol–water partition coefficient (Wildman–Crippen LogP) is 5.95. The third kappa shape index (κ3) is 2.96. The molecular weight excluding hydrogens is 388 g/mol. The van der Waals surface area contributed by atoms with Crippen molar-refractivity contribution in [3.8, 4) is 0 Å². The normalized spacial score (nSPS) is 11.0. The Morgan fingerprint density at radius 1 is 1.21 bits per heavy atom. The minimum absolute atomic E-state index is 0.119. The summed E-state index contributed by atoms with van der Waals surface area (Å²) in [6.45, 7) is 6.72. The lowest BCUT2D eigenvalue weighted by Crippen LogP contribution is -2.18. The number of benzene rings is 2. The molecule has 24 heavy (non-hydrogen) atoms. The molecule has 0 aliphatic rings. The molecule has 0 unspecified atom stereocenters. The highest BCUT2D eigenvalue weighted by molar-refractivity contribution is 9.10. The van der Waals surface area contributed by atoms with Gasteiger partial charge in [0.25, 0.3) is 5.91 Å². The Morgan fingerprint density at radius 2 is 1.96 bits per heavy atom. The molecule has 3 rings (SSSR count). The van der Waals surface area contributed by atoms with Gasteiger partial charge in [-0.15, -0.1) is 0 Å². The highest BCUT2D eigenvalue weighted by Gasteiger charge is 2.20. The second kappa shape index (κ2) is 6.61. The van der Waals surface area contributed by atoms with Crippen LogP contribution in [0.2, 0.25) is 5.02 Å². The topological polar surface area (TPSA) is 34.0 Å². The predicted molar refractivity (Wildman–Crippen MR) is 104 cm³/mol. The monoisotopic (exact) mass is 404 g/mol. The van der Waals surface area contributed by atoms with Crippen molar-refractivity contribution in [2.45, 2.75) is 27.3 Å². The molecule has 0 aliphatic carbocycles. The summed E-state index contributed by atoms with van der Waals surface area (Å²) in [4.78, 5) is 12.9. The first-order valence-corrected chi connectivity index (χ1v) is 8.95. The van der Waals surface area contributed by atoms with Gasteiger partial charge in [-0.3, -0.25) is 4.79 Å². The van der Waals surface area contributed by atoms with Crippen LogP contribution in [0.1, 0.15) is 28.5 Å². The van der Waals surface area contributed by atoms with Crippen molar-refractivity contribution in [2.24, 2.45) is 0 Å². The van der Waals surface area contributed by atoms with Crippen LogP contribution in [-0.4, -0.2) is 10.5 Å². The van der Waals surface area contributed by atoms with Gasteiger partial charge in [-0.25, -0.2) is 0 Å². The molecule has 0 fully saturated rings. The van der Waals surface area contributed by atoms with E-state index in [4.69, 9.17) is 11.6 Å². The zero-order valence-corrected chi connectivity index (χ0v) is 16.1. The quantitative estimate of drug-likeness (QED) is 0.574. The van der Waals surface area contributed by atoms with Gasteiger partial charge in [-0.2, -0.15) is 0 Å². The van der Waals surface area contributed by atoms with Crippen LogP contribution < -0.4 is 5.32 Å². The SMILES string of the molecule is CCn1c(C(=O)Nc2ccc(C)cc2Br)c(C)c2cc(Cl)ccc21. The van der Waals surface area contributed by atoms with Crippen LogP contribution >= 0.6 is 27.5 Å². The Hall–Kier alpha value is -1.78. The minimum atomic E-state index is -0.119. The van der Waals surface area contributed by atoms with E-state index in [0.29, 0.717) is 17.3 Å². The zero-order chi connectivity index (χ0) is 17.4. The summed E-state index contributed by atoms with van der Waals surface area (Å²) in [5.41, 5.74) is 4.52. The molecule has 0 saturated heterocycles. The number of nitrogens with zero attached hydrogens (tertiary/aromatic N) is 1. The first-order chi connectivity index (χ1) is 11.4. The summed E-state index contributed by atoms with van der Waals surface area (Å²) in [5.74, 6) is -0.119. The summed E-state index contributed by atoms with van der Waals surface area (Å²) in [5, 5.41) is 4.69. The zero-order valence-electron chi connectivity index (χ0n) is 13.8. The number of hydrogen-bond acceptors (Lipinski definition) is 1. The van der Waals surface area contributed by atoms with Crippen molar-refractivity contribution in [2.75, 3.05) is 5.32 Å². The number of fused-ring (bicyclic) bond motifs is 1. The number of halogens is 2. The van der Waals surface area contributed by atoms with E-state index in [1.54, 1.807) is 0 Å². The highest BCUT2D eigenvalue weighted by atomic mass is 79.9. The Balaban J connectivity index is 2.08. The second-order valence-electron chi connectivity index (χ2n) is 5.82. The molecule has 5 heteroatoms. The molecular formula is C19H18BrClN2O. The molecule has 1 N–H and O–H groups in total. The average Bonchev–Trinajstić information content (AvgIpc) is 2.82. The lowest BCUT2D eigenvalue weighted by atomic mass is 10.1. The fourth-order valence-electron chi connectivity index (χ4n) is 3.02. The van der Waals surface area contributed by atoms with E-state index in [1.165, 1.54) is 0 Å². The largest absolute Gasteiger partial charge is 0.337 e. The van der Waals surface area contributed by atoms with E-state index in [0.717, 1.165) is 32.2 Å². The third-order valence-electron chi connectivity index (χ3n) is 4.18. The minimum Gasteiger partial charge on any atom is -0.337 e. The number of nitrogens with one attached hydrogen (secondary N) is 1. The lowest BCUT2D eigenvalue weighted by molar-refractivity contribution is 0.101. The first-order valence-electron chi connectivity index (χ1n) is 7.78. The standard InChI is InChI=1S/C19H18BrClN2O/c1-4-23-17-8-6-13(21)10-14(17)12(3)18(23)19(24)22-16-7-5-11(2)9-15(16)20/h5-10H,4H2,1-3H3,(H,22,24). The lowest BCUT2D eigenvalue weighted by Gasteiger charge is -2.11. The van der Waals surface area contributed by atoms with Crippen LogP contribution in [0.5, 0.6) is 0 Å². The molecule has 2 aromatic carbocycles. The molecule has 3 nitrogen and oxygen atoms in total. The van der Waals surface area contributed by atoms with E-state index < -0.39 is 0 Å². The summed E-state index contributed by atoms with van der Waals surface area (Å²) in [6.07, 6.45) is 0. The number of carbonyl (C=O) groups excluding carboxylic acids is 1. The van der Waals surface area contributed by atoms with Gasteiger partial charge in [0.2, 0.25) is 0 Å². The summed E-state index contributed by atoms with van der Waals surface area (Å²) in [7, 11) is 0. The van der Waals surface area contributed by atoms with Crippen LogP contribution in [0.3, 0.4) is 0 Å². The van der Waals surface area contributed by atoms with Crippen molar-refractivity contribution in [3.05, 3.63) is 62.7 Å². The van der Waals surface area contributed by atoms with Gasteiger partial charge >= 0.3 is 0 Å². The van der Waals surface area contributed by atoms with Crippen LogP contribution in [0.15, 0.2) is 40.9 Å². The molecule has 3 aromatic rings. The molecule has 0 atom stereocenters. The van der Waals surface area contributed by atoms with Gasteiger partial charge in [0, 0.05) is 26.9 Å². The Labute approximate surface area is 154 Å². The van der Waals surface area contributed by atoms with Crippen LogP contribution in [-0.2, 0) is 6.54 Å². The number of aryl methyl sites for hydroxylation is 3. The first kappa shape index (κ1) is 17.1. The van der Waals surface area contributed by atoms with E-state index >= 15 is 0 Å². The van der Waals surface area contributed by atoms with Crippen molar-refractivity contribution in [3.63, 3.8) is 0 Å². The maximum atomic E-state index is 12.9. The number of anilines is 1. The molecule has 0 aliphatic heterocycles. The Kier molecular flexibility index (Phi) is 4.70. The summed E-state index contributed by atoms with van der Waals surface area (Å²) >= 11 is 9.63. The molecule has 0 spiro atoms. The summed E-state index contributed by atoms with van der Waals surface area (Å²) < 4.78 is 2.90. The molecule has 124 valence electrons. The van der Waals surface area contributed by atoms with Crippen molar-refractivity contribution in [1.82, 2.24) is 4.57 Å². The summed E-state index contributed by atoms with van der Waals surface area (Å²) in [6, 6.07) is 11.6. The number of rotatable bonds is 3. The number of amides is 1. The Bertz CT molecular complexity index is 946. The number of carbonyl (C=O) groups is 1. The number of hydrogen-bond donors (Lipinski definition) is 1. The Morgan fingerprint density at radius 3 is 2.62 bits per heavy atom. The third-order valence-corrected chi connectivity index (χ3v) is 5.07. The van der Waals surface area contributed by atoms with E-state index in [1.807, 2.05) is 61.7 Å². The van der Waals surface area contributed by atoms with Crippen molar-refractivity contribution in [1.29, 1.82) is 0 Å². The number of aromatic nitrogens is 1. The maximum Gasteiger partial charge on any atom is 0.272 e. The molecule has 0 bridgehead atoms. The van der Waals surface area contributed by atoms with Crippen molar-refractivity contribution < 1.29 is 4.79 Å². The second-order valence-corrected chi connectivity index (χ2v) is 7.11. The highest BCUT2D eigenvalue weighted by Crippen LogP contribution is 2.30. The average molecular weight is 406 g/mol. The van der Waals surface area contributed by atoms with E-state index in [9.17, 15) is 4.79 Å².